The number of nitrogens with zero attached hydrogens (tertiary/aromatic N) is 1. The third-order valence-electron chi connectivity index (χ3n) is 2.04. The quantitative estimate of drug-likeness (QED) is 0.785. The highest BCUT2D eigenvalue weighted by atomic mass is 35.5. The van der Waals surface area contributed by atoms with Gasteiger partial charge in [-0.3, -0.25) is 4.79 Å². The van der Waals surface area contributed by atoms with Crippen molar-refractivity contribution in [2.45, 2.75) is 4.90 Å². The normalized spacial score (nSPS) is 12.4. The molecule has 106 valence electrons. The summed E-state index contributed by atoms with van der Waals surface area (Å²) in [5.41, 5.74) is -2.22. The molecule has 0 aliphatic heterocycles. The molecule has 0 fully saturated rings. The van der Waals surface area contributed by atoms with E-state index < -0.39 is 46.9 Å². The maximum Gasteiger partial charge on any atom is 0.338 e. The molecule has 1 aromatic rings. The molecule has 1 heterocycles. The number of hydrogen-bond donors (Lipinski definition) is 1. The molecule has 0 radical (unpaired) electrons. The van der Waals surface area contributed by atoms with Crippen molar-refractivity contribution in [1.82, 2.24) is 3.97 Å². The van der Waals surface area contributed by atoms with Gasteiger partial charge in [0.1, 0.15) is 0 Å². The summed E-state index contributed by atoms with van der Waals surface area (Å²) in [5, 5.41) is 8.03. The summed E-state index contributed by atoms with van der Waals surface area (Å²) in [6.45, 7) is 0. The van der Waals surface area contributed by atoms with E-state index >= 15 is 0 Å². The molecule has 0 saturated heterocycles. The third kappa shape index (κ3) is 2.96. The van der Waals surface area contributed by atoms with Gasteiger partial charge in [-0.05, 0) is 0 Å². The van der Waals surface area contributed by atoms with Crippen molar-refractivity contribution >= 4 is 37.4 Å². The first kappa shape index (κ1) is 15.7. The van der Waals surface area contributed by atoms with E-state index in [1.54, 1.807) is 0 Å². The van der Waals surface area contributed by atoms with Crippen molar-refractivity contribution in [2.24, 2.45) is 0 Å². The second-order valence-corrected chi connectivity index (χ2v) is 7.82. The number of carbonyl (C=O) groups is 1. The minimum Gasteiger partial charge on any atom is -0.478 e. The minimum absolute atomic E-state index is 0.0265. The number of carboxylic acids is 1. The van der Waals surface area contributed by atoms with Crippen LogP contribution in [0.3, 0.4) is 0 Å². The molecule has 0 aliphatic rings. The molecule has 0 unspecified atom stereocenters. The van der Waals surface area contributed by atoms with Crippen LogP contribution in [0.5, 0.6) is 0 Å². The van der Waals surface area contributed by atoms with Crippen molar-refractivity contribution in [2.75, 3.05) is 12.5 Å². The van der Waals surface area contributed by atoms with E-state index in [2.05, 4.69) is 0 Å². The minimum atomic E-state index is -4.20. The van der Waals surface area contributed by atoms with Gasteiger partial charge >= 0.3 is 5.97 Å². The molecule has 1 rings (SSSR count). The van der Waals surface area contributed by atoms with Crippen LogP contribution in [0.15, 0.2) is 15.9 Å². The number of pyridine rings is 1. The summed E-state index contributed by atoms with van der Waals surface area (Å²) >= 11 is 5.55. The number of carboxylic acid groups (broad SMARTS) is 1. The van der Waals surface area contributed by atoms with Crippen LogP contribution in [-0.2, 0) is 19.9 Å². The summed E-state index contributed by atoms with van der Waals surface area (Å²) in [6.07, 6.45) is 1.71. The molecule has 11 heteroatoms. The van der Waals surface area contributed by atoms with Crippen LogP contribution < -0.4 is 5.56 Å². The summed E-state index contributed by atoms with van der Waals surface area (Å²) in [4.78, 5) is 21.6. The first-order valence-electron chi connectivity index (χ1n) is 4.46. The van der Waals surface area contributed by atoms with E-state index in [0.717, 1.165) is 0 Å². The fourth-order valence-electron chi connectivity index (χ4n) is 1.27. The lowest BCUT2D eigenvalue weighted by atomic mass is 10.3. The standard InChI is InChI=1S/C8H8ClNO7S2/c1-18(14,15)6-5(9)4(8(12)13)3-10(7(6)11)19(2,16)17/h3H,1-2H3,(H,12,13). The number of hydrogen-bond acceptors (Lipinski definition) is 6. The molecule has 0 spiro atoms. The highest BCUT2D eigenvalue weighted by Gasteiger charge is 2.27. The Morgan fingerprint density at radius 3 is 2.05 bits per heavy atom. The maximum absolute atomic E-state index is 11.8. The Morgan fingerprint density at radius 1 is 1.26 bits per heavy atom. The molecule has 1 aromatic heterocycles. The van der Waals surface area contributed by atoms with Crippen LogP contribution in [0.2, 0.25) is 5.02 Å². The van der Waals surface area contributed by atoms with E-state index in [1.807, 2.05) is 0 Å². The Hall–Kier alpha value is -1.39. The highest BCUT2D eigenvalue weighted by Crippen LogP contribution is 2.22. The van der Waals surface area contributed by atoms with Crippen LogP contribution in [0.25, 0.3) is 0 Å². The Bertz CT molecular complexity index is 819. The largest absolute Gasteiger partial charge is 0.478 e. The lowest BCUT2D eigenvalue weighted by Crippen LogP contribution is -2.31. The average molecular weight is 330 g/mol. The van der Waals surface area contributed by atoms with Gasteiger partial charge in [-0.15, -0.1) is 0 Å². The second kappa shape index (κ2) is 4.62. The first-order chi connectivity index (χ1) is 8.37. The number of halogens is 1. The lowest BCUT2D eigenvalue weighted by molar-refractivity contribution is 0.0696. The molecule has 19 heavy (non-hydrogen) atoms. The SMILES string of the molecule is CS(=O)(=O)c1c(Cl)c(C(=O)O)cn(S(C)(=O)=O)c1=O. The molecule has 0 amide bonds. The number of rotatable bonds is 3. The topological polar surface area (TPSA) is 128 Å². The smallest absolute Gasteiger partial charge is 0.338 e. The molecule has 8 nitrogen and oxygen atoms in total. The summed E-state index contributed by atoms with van der Waals surface area (Å²) in [6, 6.07) is 0. The van der Waals surface area contributed by atoms with Crippen molar-refractivity contribution in [1.29, 1.82) is 0 Å². The third-order valence-corrected chi connectivity index (χ3v) is 4.65. The Morgan fingerprint density at radius 2 is 1.74 bits per heavy atom. The van der Waals surface area contributed by atoms with Gasteiger partial charge in [0.05, 0.1) is 16.8 Å². The van der Waals surface area contributed by atoms with Gasteiger partial charge in [0.2, 0.25) is 10.0 Å². The summed E-state index contributed by atoms with van der Waals surface area (Å²) in [5.74, 6) is -1.66. The van der Waals surface area contributed by atoms with Gasteiger partial charge in [-0.2, -0.15) is 0 Å². The zero-order valence-corrected chi connectivity index (χ0v) is 12.0. The predicted molar refractivity (Wildman–Crippen MR) is 66.0 cm³/mol. The van der Waals surface area contributed by atoms with Crippen molar-refractivity contribution in [3.05, 3.63) is 27.1 Å². The van der Waals surface area contributed by atoms with Gasteiger partial charge in [-0.1, -0.05) is 11.6 Å². The number of sulfone groups is 1. The van der Waals surface area contributed by atoms with Crippen LogP contribution in [-0.4, -0.2) is 44.4 Å². The van der Waals surface area contributed by atoms with Gasteiger partial charge < -0.3 is 5.11 Å². The fraction of sp³-hybridized carbons (Fsp3) is 0.250. The molecule has 0 saturated carbocycles. The van der Waals surface area contributed by atoms with E-state index in [4.69, 9.17) is 16.7 Å². The Labute approximate surface area is 113 Å². The molecule has 0 aliphatic carbocycles. The number of aromatic carboxylic acids is 1. The van der Waals surface area contributed by atoms with E-state index in [9.17, 15) is 26.4 Å². The lowest BCUT2D eigenvalue weighted by Gasteiger charge is -2.09. The van der Waals surface area contributed by atoms with Crippen molar-refractivity contribution < 1.29 is 26.7 Å². The van der Waals surface area contributed by atoms with Gasteiger partial charge in [-0.25, -0.2) is 25.6 Å². The summed E-state index contributed by atoms with van der Waals surface area (Å²) in [7, 11) is -8.37. The van der Waals surface area contributed by atoms with E-state index in [-0.39, 0.29) is 3.97 Å². The molecule has 1 N–H and O–H groups in total. The molecule has 0 atom stereocenters. The molecule has 0 bridgehead atoms. The number of aromatic nitrogens is 1. The van der Waals surface area contributed by atoms with Crippen LogP contribution in [0, 0.1) is 0 Å². The summed E-state index contributed by atoms with van der Waals surface area (Å²) < 4.78 is 45.6. The first-order valence-corrected chi connectivity index (χ1v) is 8.58. The fourth-order valence-corrected chi connectivity index (χ4v) is 3.49. The zero-order chi connectivity index (χ0) is 15.2. The zero-order valence-electron chi connectivity index (χ0n) is 9.62. The Kier molecular flexibility index (Phi) is 3.81. The second-order valence-electron chi connectivity index (χ2n) is 3.63. The van der Waals surface area contributed by atoms with Gasteiger partial charge in [0.15, 0.2) is 14.7 Å². The monoisotopic (exact) mass is 329 g/mol. The molecular formula is C8H8ClNO7S2. The van der Waals surface area contributed by atoms with Gasteiger partial charge in [0.25, 0.3) is 5.56 Å². The van der Waals surface area contributed by atoms with E-state index in [1.165, 1.54) is 0 Å². The van der Waals surface area contributed by atoms with Crippen LogP contribution >= 0.6 is 11.6 Å². The Balaban J connectivity index is 4.11. The highest BCUT2D eigenvalue weighted by molar-refractivity contribution is 7.91. The molecular weight excluding hydrogens is 322 g/mol. The van der Waals surface area contributed by atoms with Crippen LogP contribution in [0.1, 0.15) is 10.4 Å². The van der Waals surface area contributed by atoms with Crippen molar-refractivity contribution in [3.63, 3.8) is 0 Å². The average Bonchev–Trinajstić information content (AvgIpc) is 2.12. The van der Waals surface area contributed by atoms with Crippen LogP contribution in [0.4, 0.5) is 0 Å². The van der Waals surface area contributed by atoms with Crippen molar-refractivity contribution in [3.8, 4) is 0 Å². The van der Waals surface area contributed by atoms with Gasteiger partial charge in [0, 0.05) is 12.5 Å². The maximum atomic E-state index is 11.8. The predicted octanol–water partition coefficient (Wildman–Crippen LogP) is -0.589. The molecule has 0 aromatic carbocycles. The van der Waals surface area contributed by atoms with E-state index in [0.29, 0.717) is 18.7 Å².